The molecule has 0 unspecified atom stereocenters. The van der Waals surface area contributed by atoms with Crippen molar-refractivity contribution in [2.24, 2.45) is 11.7 Å². The van der Waals surface area contributed by atoms with Crippen LogP contribution >= 0.6 is 0 Å². The van der Waals surface area contributed by atoms with E-state index in [9.17, 15) is 34.2 Å². The van der Waals surface area contributed by atoms with Crippen molar-refractivity contribution < 1.29 is 72.1 Å². The number of ether oxygens (including phenoxy) is 8. The lowest BCUT2D eigenvalue weighted by molar-refractivity contribution is -0.287. The molecular formula is C47H62N2O15. The quantitative estimate of drug-likeness (QED) is 0.0324. The molecule has 1 aliphatic rings. The third kappa shape index (κ3) is 15.5. The number of hydrogen-bond donors (Lipinski definition) is 4. The number of benzene rings is 3. The van der Waals surface area contributed by atoms with Gasteiger partial charge in [-0.3, -0.25) is 19.2 Å². The number of hydrogen-bond acceptors (Lipinski definition) is 14. The summed E-state index contributed by atoms with van der Waals surface area (Å²) in [6, 6.07) is 24.7. The number of amides is 2. The van der Waals surface area contributed by atoms with Crippen LogP contribution in [0.3, 0.4) is 0 Å². The lowest BCUT2D eigenvalue weighted by Gasteiger charge is -2.45. The summed E-state index contributed by atoms with van der Waals surface area (Å²) in [5, 5.41) is 23.0. The van der Waals surface area contributed by atoms with E-state index < -0.39 is 72.1 Å². The number of rotatable bonds is 27. The number of carbonyl (C=O) groups excluding carboxylic acids is 4. The van der Waals surface area contributed by atoms with Gasteiger partial charge in [-0.15, -0.1) is 0 Å². The maximum Gasteiger partial charge on any atom is 0.407 e. The second kappa shape index (κ2) is 26.1. The van der Waals surface area contributed by atoms with Crippen LogP contribution in [0.2, 0.25) is 0 Å². The van der Waals surface area contributed by atoms with Gasteiger partial charge in [-0.2, -0.15) is 0 Å². The van der Waals surface area contributed by atoms with Crippen molar-refractivity contribution in [2.75, 3.05) is 40.6 Å². The lowest BCUT2D eigenvalue weighted by atomic mass is 9.80. The van der Waals surface area contributed by atoms with E-state index in [0.717, 1.165) is 49.3 Å². The zero-order valence-corrected chi connectivity index (χ0v) is 36.9. The topological polar surface area (TPSA) is 238 Å². The molecule has 0 bridgehead atoms. The number of aliphatic hydroxyl groups excluding tert-OH is 1. The number of primary amides is 1. The molecule has 5 N–H and O–H groups in total. The van der Waals surface area contributed by atoms with Gasteiger partial charge in [0.05, 0.1) is 26.7 Å². The summed E-state index contributed by atoms with van der Waals surface area (Å²) < 4.78 is 45.8. The van der Waals surface area contributed by atoms with Crippen molar-refractivity contribution >= 4 is 29.9 Å². The number of esters is 2. The molecule has 64 heavy (non-hydrogen) atoms. The minimum Gasteiger partial charge on any atom is -0.497 e. The molecule has 350 valence electrons. The molecule has 0 aromatic heterocycles. The van der Waals surface area contributed by atoms with Crippen molar-refractivity contribution in [2.45, 2.75) is 108 Å². The maximum absolute atomic E-state index is 12.5. The van der Waals surface area contributed by atoms with E-state index in [1.165, 1.54) is 6.92 Å². The average Bonchev–Trinajstić information content (AvgIpc) is 3.27. The summed E-state index contributed by atoms with van der Waals surface area (Å²) in [7, 11) is 3.19. The first-order valence-corrected chi connectivity index (χ1v) is 21.5. The highest BCUT2D eigenvalue weighted by atomic mass is 16.7. The van der Waals surface area contributed by atoms with Crippen LogP contribution in [-0.2, 0) is 53.2 Å². The summed E-state index contributed by atoms with van der Waals surface area (Å²) in [6.45, 7) is 2.47. The Morgan fingerprint density at radius 2 is 1.30 bits per heavy atom. The second-order valence-electron chi connectivity index (χ2n) is 15.4. The number of nitrogens with two attached hydrogens (primary N) is 1. The molecular weight excluding hydrogens is 833 g/mol. The monoisotopic (exact) mass is 894 g/mol. The van der Waals surface area contributed by atoms with Gasteiger partial charge in [0, 0.05) is 39.8 Å². The van der Waals surface area contributed by atoms with Gasteiger partial charge in [-0.25, -0.2) is 4.79 Å². The summed E-state index contributed by atoms with van der Waals surface area (Å²) in [6.07, 6.45) is -2.18. The fourth-order valence-corrected chi connectivity index (χ4v) is 7.64. The average molecular weight is 895 g/mol. The van der Waals surface area contributed by atoms with Crippen LogP contribution < -0.4 is 20.5 Å². The highest BCUT2D eigenvalue weighted by molar-refractivity contribution is 5.74. The third-order valence-corrected chi connectivity index (χ3v) is 10.6. The van der Waals surface area contributed by atoms with Gasteiger partial charge < -0.3 is 59.2 Å². The number of methoxy groups -OCH3 is 2. The predicted octanol–water partition coefficient (Wildman–Crippen LogP) is 5.40. The number of nitrogens with one attached hydrogen (secondary N) is 1. The van der Waals surface area contributed by atoms with Crippen molar-refractivity contribution in [3.05, 3.63) is 95.6 Å². The summed E-state index contributed by atoms with van der Waals surface area (Å²) in [5.41, 5.74) is 6.78. The molecule has 4 rings (SSSR count). The Balaban J connectivity index is 1.21. The Labute approximate surface area is 373 Å². The Morgan fingerprint density at radius 3 is 1.84 bits per heavy atom. The van der Waals surface area contributed by atoms with Crippen LogP contribution in [-0.4, -0.2) is 111 Å². The third-order valence-electron chi connectivity index (χ3n) is 10.6. The fourth-order valence-electron chi connectivity index (χ4n) is 7.64. The number of alkyl carbamates (subject to hydrolysis) is 1. The molecule has 1 aliphatic heterocycles. The van der Waals surface area contributed by atoms with E-state index in [1.54, 1.807) is 14.2 Å². The number of carbonyl (C=O) groups is 5. The summed E-state index contributed by atoms with van der Waals surface area (Å²) >= 11 is 0. The minimum atomic E-state index is -1.17. The molecule has 0 saturated carbocycles. The van der Waals surface area contributed by atoms with E-state index >= 15 is 0 Å². The van der Waals surface area contributed by atoms with Gasteiger partial charge in [-0.1, -0.05) is 80.3 Å². The lowest BCUT2D eigenvalue weighted by Crippen LogP contribution is -2.58. The van der Waals surface area contributed by atoms with Crippen LogP contribution in [0.15, 0.2) is 78.9 Å². The number of carboxylic acids is 1. The SMILES string of the molecule is COc1ccc(C(OC[C@H](O)COC(=O)NCCCCCCCCO[C@@H]2O[C@H](CCC(=O)O)[C@@H](OC(C)=O)[C@H](OC(C)=O)[C@H]2CC(N)=O)(c2ccccc2)c2ccc(OC)cc2)cc1. The van der Waals surface area contributed by atoms with E-state index in [4.69, 9.17) is 43.6 Å². The normalized spacial score (nSPS) is 18.9. The first kappa shape index (κ1) is 50.9. The largest absolute Gasteiger partial charge is 0.497 e. The number of aliphatic hydroxyl groups is 1. The number of aliphatic carboxylic acids is 1. The molecule has 1 saturated heterocycles. The molecule has 3 aromatic rings. The van der Waals surface area contributed by atoms with Crippen molar-refractivity contribution in [1.29, 1.82) is 0 Å². The van der Waals surface area contributed by atoms with Crippen molar-refractivity contribution in [1.82, 2.24) is 5.32 Å². The molecule has 17 heteroatoms. The van der Waals surface area contributed by atoms with Gasteiger partial charge in [0.2, 0.25) is 5.91 Å². The first-order valence-electron chi connectivity index (χ1n) is 21.5. The first-order chi connectivity index (χ1) is 30.8. The van der Waals surface area contributed by atoms with Gasteiger partial charge in [0.1, 0.15) is 42.0 Å². The number of carboxylic acid groups (broad SMARTS) is 1. The molecule has 0 spiro atoms. The van der Waals surface area contributed by atoms with Crippen molar-refractivity contribution in [3.8, 4) is 11.5 Å². The highest BCUT2D eigenvalue weighted by Crippen LogP contribution is 2.42. The second-order valence-corrected chi connectivity index (χ2v) is 15.4. The summed E-state index contributed by atoms with van der Waals surface area (Å²) in [4.78, 5) is 59.9. The van der Waals surface area contributed by atoms with Crippen LogP contribution in [0.5, 0.6) is 11.5 Å². The predicted molar refractivity (Wildman–Crippen MR) is 231 cm³/mol. The summed E-state index contributed by atoms with van der Waals surface area (Å²) in [5.74, 6) is -2.76. The Morgan fingerprint density at radius 1 is 0.750 bits per heavy atom. The van der Waals surface area contributed by atoms with Crippen LogP contribution in [0.4, 0.5) is 4.79 Å². The van der Waals surface area contributed by atoms with Crippen molar-refractivity contribution in [3.63, 3.8) is 0 Å². The van der Waals surface area contributed by atoms with E-state index in [-0.39, 0.29) is 39.1 Å². The molecule has 1 fully saturated rings. The van der Waals surface area contributed by atoms with Crippen LogP contribution in [0.1, 0.15) is 88.3 Å². The van der Waals surface area contributed by atoms with Crippen LogP contribution in [0.25, 0.3) is 0 Å². The number of unbranched alkanes of at least 4 members (excludes halogenated alkanes) is 5. The Bertz CT molecular complexity index is 1860. The highest BCUT2D eigenvalue weighted by Gasteiger charge is 2.50. The van der Waals surface area contributed by atoms with Gasteiger partial charge in [0.25, 0.3) is 0 Å². The smallest absolute Gasteiger partial charge is 0.407 e. The van der Waals surface area contributed by atoms with E-state index in [1.807, 2.05) is 78.9 Å². The fraction of sp³-hybridized carbons (Fsp3) is 0.511. The molecule has 3 aromatic carbocycles. The van der Waals surface area contributed by atoms with E-state index in [0.29, 0.717) is 30.9 Å². The molecule has 1 heterocycles. The molecule has 6 atom stereocenters. The molecule has 0 radical (unpaired) electrons. The minimum absolute atomic E-state index is 0.0639. The van der Waals surface area contributed by atoms with Gasteiger partial charge >= 0.3 is 24.0 Å². The molecule has 0 aliphatic carbocycles. The van der Waals surface area contributed by atoms with Gasteiger partial charge in [-0.05, 0) is 60.2 Å². The van der Waals surface area contributed by atoms with E-state index in [2.05, 4.69) is 5.32 Å². The van der Waals surface area contributed by atoms with Crippen LogP contribution in [0, 0.1) is 5.92 Å². The molecule has 2 amide bonds. The zero-order valence-electron chi connectivity index (χ0n) is 36.9. The zero-order chi connectivity index (χ0) is 46.5. The standard InChI is InChI=1S/C47H62N2O15/c1-31(50)62-43-39(28-41(48)53)45(64-40(24-25-42(54)55)44(43)63-32(2)51)59-27-13-8-6-5-7-12-26-49-46(56)60-29-36(52)30-61-47(33-14-10-9-11-15-33,34-16-20-37(57-3)21-17-34)35-18-22-38(58-4)23-19-35/h9-11,14-23,36,39-40,43-45,52H,5-8,12-13,24-30H2,1-4H3,(H2,48,53)(H,49,56)(H,54,55)/t36-,39-,40-,43-,44-,45-/m1/s1. The Hall–Kier alpha value is -5.75. The Kier molecular flexibility index (Phi) is 20.8. The van der Waals surface area contributed by atoms with Gasteiger partial charge in [0.15, 0.2) is 12.4 Å². The molecule has 17 nitrogen and oxygen atoms in total. The maximum atomic E-state index is 12.5.